The van der Waals surface area contributed by atoms with E-state index < -0.39 is 10.8 Å². The number of anilines is 2. The Kier molecular flexibility index (Phi) is 7.69. The second-order valence-corrected chi connectivity index (χ2v) is 16.5. The predicted molar refractivity (Wildman–Crippen MR) is 245 cm³/mol. The van der Waals surface area contributed by atoms with Crippen LogP contribution in [0.15, 0.2) is 235 Å². The number of hydrogen-bond donors (Lipinski definition) is 0. The summed E-state index contributed by atoms with van der Waals surface area (Å²) in [6, 6.07) is 64.3. The van der Waals surface area contributed by atoms with E-state index in [2.05, 4.69) is 223 Å². The van der Waals surface area contributed by atoms with Gasteiger partial charge in [-0.1, -0.05) is 194 Å². The Morgan fingerprint density at radius 3 is 1.88 bits per heavy atom. The van der Waals surface area contributed by atoms with Crippen LogP contribution in [-0.4, -0.2) is 0 Å². The topological polar surface area (TPSA) is 3.24 Å². The highest BCUT2D eigenvalue weighted by atomic mass is 15.2. The van der Waals surface area contributed by atoms with Gasteiger partial charge in [0.25, 0.3) is 0 Å². The van der Waals surface area contributed by atoms with Gasteiger partial charge in [0.2, 0.25) is 0 Å². The number of rotatable bonds is 5. The summed E-state index contributed by atoms with van der Waals surface area (Å²) >= 11 is 0. The minimum atomic E-state index is -0.529. The van der Waals surface area contributed by atoms with E-state index in [1.165, 1.54) is 89.1 Å². The lowest BCUT2D eigenvalue weighted by atomic mass is 9.51. The molecule has 0 aliphatic heterocycles. The van der Waals surface area contributed by atoms with E-state index in [4.69, 9.17) is 0 Å². The number of nitrogens with zero attached hydrogens (tertiary/aromatic N) is 1. The zero-order valence-corrected chi connectivity index (χ0v) is 32.9. The molecule has 0 bridgehead atoms. The molecular formula is C58H43N. The van der Waals surface area contributed by atoms with Crippen molar-refractivity contribution in [3.8, 4) is 0 Å². The van der Waals surface area contributed by atoms with Crippen molar-refractivity contribution in [1.29, 1.82) is 0 Å². The van der Waals surface area contributed by atoms with Gasteiger partial charge >= 0.3 is 0 Å². The molecule has 280 valence electrons. The van der Waals surface area contributed by atoms with Crippen molar-refractivity contribution in [2.75, 3.05) is 4.90 Å². The lowest BCUT2D eigenvalue weighted by molar-refractivity contribution is 0.620. The number of fused-ring (bicyclic) bond motifs is 10. The van der Waals surface area contributed by atoms with Gasteiger partial charge in [0.1, 0.15) is 0 Å². The van der Waals surface area contributed by atoms with Gasteiger partial charge in [0.15, 0.2) is 0 Å². The molecule has 7 aromatic rings. The number of hydrogen-bond acceptors (Lipinski definition) is 1. The second-order valence-electron chi connectivity index (χ2n) is 16.5. The molecule has 12 rings (SSSR count). The van der Waals surface area contributed by atoms with Crippen LogP contribution in [0.1, 0.15) is 63.8 Å². The minimum absolute atomic E-state index is 0.346. The van der Waals surface area contributed by atoms with Crippen molar-refractivity contribution in [2.24, 2.45) is 5.92 Å². The zero-order chi connectivity index (χ0) is 39.0. The van der Waals surface area contributed by atoms with Crippen molar-refractivity contribution in [3.63, 3.8) is 0 Å². The van der Waals surface area contributed by atoms with Crippen LogP contribution in [0.5, 0.6) is 0 Å². The molecule has 1 spiro atoms. The van der Waals surface area contributed by atoms with E-state index >= 15 is 0 Å². The van der Waals surface area contributed by atoms with Gasteiger partial charge in [-0.3, -0.25) is 0 Å². The van der Waals surface area contributed by atoms with Crippen LogP contribution >= 0.6 is 0 Å². The van der Waals surface area contributed by atoms with Gasteiger partial charge in [-0.05, 0) is 110 Å². The lowest BCUT2D eigenvalue weighted by Crippen LogP contribution is -2.45. The van der Waals surface area contributed by atoms with Crippen LogP contribution in [0.2, 0.25) is 0 Å². The van der Waals surface area contributed by atoms with Crippen LogP contribution in [0.4, 0.5) is 11.4 Å². The van der Waals surface area contributed by atoms with E-state index in [1.807, 2.05) is 0 Å². The third kappa shape index (κ3) is 4.73. The van der Waals surface area contributed by atoms with Gasteiger partial charge < -0.3 is 4.90 Å². The smallest absolute Gasteiger partial charge is 0.0717 e. The van der Waals surface area contributed by atoms with Crippen LogP contribution < -0.4 is 4.90 Å². The zero-order valence-electron chi connectivity index (χ0n) is 32.9. The van der Waals surface area contributed by atoms with Gasteiger partial charge in [0, 0.05) is 22.7 Å². The van der Waals surface area contributed by atoms with Crippen LogP contribution in [0.3, 0.4) is 0 Å². The highest BCUT2D eigenvalue weighted by molar-refractivity contribution is 5.99. The fourth-order valence-corrected chi connectivity index (χ4v) is 11.5. The molecule has 1 nitrogen and oxygen atoms in total. The van der Waals surface area contributed by atoms with E-state index in [-0.39, 0.29) is 0 Å². The normalized spacial score (nSPS) is 18.7. The largest absolute Gasteiger partial charge is 0.310 e. The van der Waals surface area contributed by atoms with Crippen LogP contribution in [-0.2, 0) is 10.8 Å². The van der Waals surface area contributed by atoms with E-state index in [1.54, 1.807) is 0 Å². The lowest BCUT2D eigenvalue weighted by Gasteiger charge is -2.50. The first-order chi connectivity index (χ1) is 29.3. The molecule has 5 aliphatic rings. The first-order valence-corrected chi connectivity index (χ1v) is 21.2. The second kappa shape index (κ2) is 13.3. The third-order valence-corrected chi connectivity index (χ3v) is 13.8. The molecule has 0 saturated heterocycles. The first kappa shape index (κ1) is 34.1. The predicted octanol–water partition coefficient (Wildman–Crippen LogP) is 14.1. The standard InChI is InChI=1S/C58H43N/c1-3-23-42(24-4-1)57(43-25-5-2-6-26-43)50-31-13-15-33-52(50)58(53-34-16-14-32-51(53)57)49-30-12-11-29-47(49)48-38-37-44(39-54(48)58)59(55-35-17-21-40-19-7-9-27-45(40)55)56-36-18-22-41-20-8-10-28-46(41)56/h1-10,12-21,23-28,30-39,41H,11,22,29H2. The van der Waals surface area contributed by atoms with Crippen molar-refractivity contribution in [1.82, 2.24) is 0 Å². The average Bonchev–Trinajstić information content (AvgIpc) is 3.60. The summed E-state index contributed by atoms with van der Waals surface area (Å²) in [4.78, 5) is 2.56. The number of allylic oxidation sites excluding steroid dienone is 11. The fraction of sp³-hybridized carbons (Fsp3) is 0.103. The molecule has 0 radical (unpaired) electrons. The molecule has 0 heterocycles. The van der Waals surface area contributed by atoms with Crippen molar-refractivity contribution in [2.45, 2.75) is 30.1 Å². The quantitative estimate of drug-likeness (QED) is 0.169. The van der Waals surface area contributed by atoms with Crippen LogP contribution in [0, 0.1) is 5.92 Å². The summed E-state index contributed by atoms with van der Waals surface area (Å²) < 4.78 is 0. The van der Waals surface area contributed by atoms with Crippen molar-refractivity contribution < 1.29 is 0 Å². The van der Waals surface area contributed by atoms with Crippen molar-refractivity contribution >= 4 is 27.7 Å². The maximum Gasteiger partial charge on any atom is 0.0717 e. The molecule has 0 fully saturated rings. The van der Waals surface area contributed by atoms with Gasteiger partial charge in [0.05, 0.1) is 16.5 Å². The minimum Gasteiger partial charge on any atom is -0.310 e. The molecule has 5 aliphatic carbocycles. The van der Waals surface area contributed by atoms with Gasteiger partial charge in [-0.2, -0.15) is 0 Å². The molecule has 0 saturated carbocycles. The molecule has 0 amide bonds. The molecule has 0 aromatic heterocycles. The molecule has 7 aromatic carbocycles. The van der Waals surface area contributed by atoms with Gasteiger partial charge in [-0.15, -0.1) is 0 Å². The van der Waals surface area contributed by atoms with Crippen LogP contribution in [0.25, 0.3) is 16.3 Å². The molecular weight excluding hydrogens is 711 g/mol. The third-order valence-electron chi connectivity index (χ3n) is 13.8. The Hall–Kier alpha value is -6.96. The molecule has 1 unspecified atom stereocenters. The van der Waals surface area contributed by atoms with Crippen molar-refractivity contribution in [3.05, 3.63) is 280 Å². The Bertz CT molecular complexity index is 2930. The molecule has 1 heteroatoms. The monoisotopic (exact) mass is 753 g/mol. The Labute approximate surface area is 347 Å². The summed E-state index contributed by atoms with van der Waals surface area (Å²) in [7, 11) is 0. The number of benzene rings is 7. The average molecular weight is 754 g/mol. The Balaban J connectivity index is 1.19. The molecule has 59 heavy (non-hydrogen) atoms. The highest BCUT2D eigenvalue weighted by Crippen LogP contribution is 2.65. The first-order valence-electron chi connectivity index (χ1n) is 21.2. The molecule has 1 atom stereocenters. The van der Waals surface area contributed by atoms with E-state index in [0.717, 1.165) is 19.3 Å². The maximum absolute atomic E-state index is 2.57. The Morgan fingerprint density at radius 1 is 0.508 bits per heavy atom. The van der Waals surface area contributed by atoms with Gasteiger partial charge in [-0.25, -0.2) is 0 Å². The maximum atomic E-state index is 2.57. The summed E-state index contributed by atoms with van der Waals surface area (Å²) in [5, 5.41) is 2.48. The highest BCUT2D eigenvalue weighted by Gasteiger charge is 2.57. The summed E-state index contributed by atoms with van der Waals surface area (Å²) in [6.45, 7) is 0. The van der Waals surface area contributed by atoms with E-state index in [0.29, 0.717) is 5.92 Å². The Morgan fingerprint density at radius 2 is 1.15 bits per heavy atom. The summed E-state index contributed by atoms with van der Waals surface area (Å²) in [5.74, 6) is 0.346. The molecule has 0 N–H and O–H groups in total. The van der Waals surface area contributed by atoms with E-state index in [9.17, 15) is 0 Å². The summed E-state index contributed by atoms with van der Waals surface area (Å²) in [5.41, 5.74) is 17.5. The summed E-state index contributed by atoms with van der Waals surface area (Å²) in [6.07, 6.45) is 21.8. The SMILES string of the molecule is C1=CC2=C(N(c3ccc4c(c3)C3(C5=C4CCC=C5)c4ccccc4C(c4ccccc4)(c4ccccc4)c4ccccc43)c3cccc4ccccc34)C=CCC2C=C1. The fourth-order valence-electron chi connectivity index (χ4n) is 11.5.